The molecule has 5 aromatic rings. The van der Waals surface area contributed by atoms with Gasteiger partial charge in [0.1, 0.15) is 17.1 Å². The van der Waals surface area contributed by atoms with E-state index in [4.69, 9.17) is 10.7 Å². The quantitative estimate of drug-likeness (QED) is 0.342. The predicted octanol–water partition coefficient (Wildman–Crippen LogP) is 4.69. The number of nitrogens with zero attached hydrogens (tertiary/aromatic N) is 4. The van der Waals surface area contributed by atoms with E-state index in [0.29, 0.717) is 35.0 Å². The number of carbonyl (C=O) groups is 2. The van der Waals surface area contributed by atoms with Gasteiger partial charge in [-0.15, -0.1) is 0 Å². The lowest BCUT2D eigenvalue weighted by Crippen LogP contribution is -2.14. The molecule has 1 amide bonds. The van der Waals surface area contributed by atoms with Crippen LogP contribution in [0.3, 0.4) is 0 Å². The van der Waals surface area contributed by atoms with E-state index in [1.165, 1.54) is 0 Å². The Morgan fingerprint density at radius 2 is 1.76 bits per heavy atom. The van der Waals surface area contributed by atoms with Crippen molar-refractivity contribution in [1.29, 1.82) is 0 Å². The molecular formula is C29H26N6O2. The van der Waals surface area contributed by atoms with Crippen LogP contribution in [0.5, 0.6) is 0 Å². The molecule has 0 aliphatic carbocycles. The minimum Gasteiger partial charge on any atom is -0.383 e. The van der Waals surface area contributed by atoms with Crippen LogP contribution in [0.15, 0.2) is 79.1 Å². The van der Waals surface area contributed by atoms with Gasteiger partial charge in [-0.1, -0.05) is 24.3 Å². The van der Waals surface area contributed by atoms with Crippen molar-refractivity contribution in [1.82, 2.24) is 19.5 Å². The molecule has 0 bridgehead atoms. The molecule has 0 atom stereocenters. The van der Waals surface area contributed by atoms with Gasteiger partial charge in [0, 0.05) is 30.2 Å². The highest BCUT2D eigenvalue weighted by atomic mass is 16.1. The van der Waals surface area contributed by atoms with Gasteiger partial charge < -0.3 is 11.1 Å². The number of carbonyl (C=O) groups excluding carboxylic acids is 2. The summed E-state index contributed by atoms with van der Waals surface area (Å²) in [5.41, 5.74) is 12.6. The molecule has 0 aliphatic heterocycles. The van der Waals surface area contributed by atoms with Gasteiger partial charge in [0.2, 0.25) is 5.91 Å². The highest BCUT2D eigenvalue weighted by Crippen LogP contribution is 2.30. The third kappa shape index (κ3) is 5.23. The lowest BCUT2D eigenvalue weighted by Gasteiger charge is -2.11. The van der Waals surface area contributed by atoms with Crippen molar-refractivity contribution in [2.24, 2.45) is 0 Å². The first-order chi connectivity index (χ1) is 17.9. The van der Waals surface area contributed by atoms with Crippen LogP contribution in [0.25, 0.3) is 28.2 Å². The predicted molar refractivity (Wildman–Crippen MR) is 144 cm³/mol. The van der Waals surface area contributed by atoms with Crippen molar-refractivity contribution in [3.63, 3.8) is 0 Å². The van der Waals surface area contributed by atoms with Crippen molar-refractivity contribution in [2.45, 2.75) is 26.7 Å². The van der Waals surface area contributed by atoms with Gasteiger partial charge in [-0.25, -0.2) is 15.0 Å². The minimum absolute atomic E-state index is 0.0777. The minimum atomic E-state index is -0.137. The number of nitrogens with one attached hydrogen (secondary N) is 1. The fourth-order valence-electron chi connectivity index (χ4n) is 4.30. The zero-order valence-electron chi connectivity index (χ0n) is 20.6. The molecule has 0 saturated heterocycles. The average Bonchev–Trinajstić information content (AvgIpc) is 3.22. The Bertz CT molecular complexity index is 1620. The van der Waals surface area contributed by atoms with Crippen LogP contribution >= 0.6 is 0 Å². The summed E-state index contributed by atoms with van der Waals surface area (Å²) in [6, 6.07) is 20.8. The Morgan fingerprint density at radius 3 is 2.51 bits per heavy atom. The summed E-state index contributed by atoms with van der Waals surface area (Å²) in [6.45, 7) is 3.52. The topological polar surface area (TPSA) is 116 Å². The molecule has 3 aromatic heterocycles. The Kier molecular flexibility index (Phi) is 6.47. The van der Waals surface area contributed by atoms with E-state index < -0.39 is 0 Å². The van der Waals surface area contributed by atoms with Gasteiger partial charge in [0.05, 0.1) is 12.0 Å². The molecule has 0 saturated carbocycles. The van der Waals surface area contributed by atoms with Gasteiger partial charge in [0.25, 0.3) is 0 Å². The van der Waals surface area contributed by atoms with Gasteiger partial charge >= 0.3 is 0 Å². The van der Waals surface area contributed by atoms with Crippen LogP contribution in [0, 0.1) is 6.92 Å². The highest BCUT2D eigenvalue weighted by molar-refractivity contribution is 5.92. The van der Waals surface area contributed by atoms with E-state index in [-0.39, 0.29) is 18.1 Å². The number of nitrogens with two attached hydrogens (primary N) is 1. The molecule has 0 aliphatic rings. The van der Waals surface area contributed by atoms with E-state index >= 15 is 0 Å². The summed E-state index contributed by atoms with van der Waals surface area (Å²) in [5.74, 6) is 0.974. The third-order valence-electron chi connectivity index (χ3n) is 5.94. The summed E-state index contributed by atoms with van der Waals surface area (Å²) in [4.78, 5) is 37.8. The normalized spacial score (nSPS) is 11.0. The van der Waals surface area contributed by atoms with Crippen molar-refractivity contribution >= 4 is 34.4 Å². The van der Waals surface area contributed by atoms with E-state index in [1.807, 2.05) is 78.2 Å². The van der Waals surface area contributed by atoms with E-state index in [9.17, 15) is 9.59 Å². The number of rotatable bonds is 7. The molecule has 2 aromatic carbocycles. The second kappa shape index (κ2) is 10.0. The monoisotopic (exact) mass is 490 g/mol. The lowest BCUT2D eigenvalue weighted by atomic mass is 10.1. The number of aryl methyl sites for hydroxylation is 1. The molecule has 5 rings (SSSR count). The van der Waals surface area contributed by atoms with Crippen LogP contribution < -0.4 is 11.1 Å². The van der Waals surface area contributed by atoms with Crippen LogP contribution in [0.1, 0.15) is 23.6 Å². The van der Waals surface area contributed by atoms with Gasteiger partial charge in [-0.3, -0.25) is 14.2 Å². The average molecular weight is 491 g/mol. The third-order valence-corrected chi connectivity index (χ3v) is 5.94. The van der Waals surface area contributed by atoms with Crippen LogP contribution in [-0.4, -0.2) is 31.2 Å². The molecule has 3 N–H and O–H groups in total. The number of Topliss-reactive ketones (excluding diaryl/α,β-unsaturated/α-hetero) is 1. The van der Waals surface area contributed by atoms with Crippen LogP contribution in [0.2, 0.25) is 0 Å². The van der Waals surface area contributed by atoms with Crippen molar-refractivity contribution < 1.29 is 9.59 Å². The molecule has 8 nitrogen and oxygen atoms in total. The smallest absolute Gasteiger partial charge is 0.228 e. The summed E-state index contributed by atoms with van der Waals surface area (Å²) >= 11 is 0. The Hall–Kier alpha value is -4.85. The second-order valence-electron chi connectivity index (χ2n) is 9.03. The zero-order valence-corrected chi connectivity index (χ0v) is 20.6. The summed E-state index contributed by atoms with van der Waals surface area (Å²) in [6.07, 6.45) is 4.01. The molecule has 184 valence electrons. The van der Waals surface area contributed by atoms with Crippen LogP contribution in [0.4, 0.5) is 11.5 Å². The number of imidazole rings is 1. The SMILES string of the molecule is CC(=O)Cc1cccc(NC(=O)Cc2ccc(-n3c(-c4cccnc4N)nc4cc(C)cnc43)cc2)c1. The maximum absolute atomic E-state index is 12.7. The summed E-state index contributed by atoms with van der Waals surface area (Å²) < 4.78 is 1.95. The number of hydrogen-bond acceptors (Lipinski definition) is 6. The van der Waals surface area contributed by atoms with Gasteiger partial charge in [-0.2, -0.15) is 0 Å². The largest absolute Gasteiger partial charge is 0.383 e. The standard InChI is InChI=1S/C29H26N6O2/c1-18-13-25-29(32-17-18)35(28(34-25)24-7-4-12-31-27(24)30)23-10-8-20(9-11-23)16-26(37)33-22-6-3-5-21(15-22)14-19(2)36/h3-13,15,17H,14,16H2,1-2H3,(H2,30,31)(H,33,37). The number of fused-ring (bicyclic) bond motifs is 1. The summed E-state index contributed by atoms with van der Waals surface area (Å²) in [5, 5.41) is 2.92. The first-order valence-electron chi connectivity index (χ1n) is 11.9. The second-order valence-corrected chi connectivity index (χ2v) is 9.03. The number of amides is 1. The zero-order chi connectivity index (χ0) is 25.9. The number of anilines is 2. The Labute approximate surface area is 214 Å². The van der Waals surface area contributed by atoms with E-state index in [2.05, 4.69) is 15.3 Å². The van der Waals surface area contributed by atoms with Crippen molar-refractivity contribution in [3.05, 3.63) is 95.8 Å². The number of hydrogen-bond donors (Lipinski definition) is 2. The summed E-state index contributed by atoms with van der Waals surface area (Å²) in [7, 11) is 0. The molecule has 0 spiro atoms. The van der Waals surface area contributed by atoms with Gasteiger partial charge in [-0.05, 0) is 73.0 Å². The fraction of sp³-hybridized carbons (Fsp3) is 0.138. The number of benzene rings is 2. The Morgan fingerprint density at radius 1 is 0.946 bits per heavy atom. The maximum atomic E-state index is 12.7. The van der Waals surface area contributed by atoms with E-state index in [1.54, 1.807) is 19.3 Å². The number of pyridine rings is 2. The van der Waals surface area contributed by atoms with Crippen molar-refractivity contribution in [3.8, 4) is 17.1 Å². The number of nitrogen functional groups attached to an aromatic ring is 1. The first kappa shape index (κ1) is 23.9. The molecule has 0 fully saturated rings. The molecule has 0 radical (unpaired) electrons. The van der Waals surface area contributed by atoms with Gasteiger partial charge in [0.15, 0.2) is 11.5 Å². The van der Waals surface area contributed by atoms with Crippen molar-refractivity contribution in [2.75, 3.05) is 11.1 Å². The Balaban J connectivity index is 1.41. The lowest BCUT2D eigenvalue weighted by molar-refractivity contribution is -0.116. The molecule has 0 unspecified atom stereocenters. The fourth-order valence-corrected chi connectivity index (χ4v) is 4.30. The molecule has 37 heavy (non-hydrogen) atoms. The first-order valence-corrected chi connectivity index (χ1v) is 11.9. The maximum Gasteiger partial charge on any atom is 0.228 e. The molecule has 8 heteroatoms. The molecular weight excluding hydrogens is 464 g/mol. The highest BCUT2D eigenvalue weighted by Gasteiger charge is 2.18. The van der Waals surface area contributed by atoms with E-state index in [0.717, 1.165) is 27.9 Å². The molecule has 3 heterocycles. The number of aromatic nitrogens is 4. The number of ketones is 1. The van der Waals surface area contributed by atoms with Crippen LogP contribution in [-0.2, 0) is 22.4 Å².